The van der Waals surface area contributed by atoms with Gasteiger partial charge in [-0.1, -0.05) is 35.9 Å². The number of hydrogen-bond donors (Lipinski definition) is 2. The Morgan fingerprint density at radius 1 is 1.20 bits per heavy atom. The second-order valence-electron chi connectivity index (χ2n) is 4.76. The summed E-state index contributed by atoms with van der Waals surface area (Å²) >= 11 is 6.01. The molecule has 0 aromatic heterocycles. The number of benzene rings is 2. The Balaban J connectivity index is 2.25. The van der Waals surface area contributed by atoms with Gasteiger partial charge in [0, 0.05) is 11.1 Å². The SMILES string of the molecule is CC(N)C(Oc1cccc(CO)c1)c1cccc(Cl)c1. The van der Waals surface area contributed by atoms with Crippen molar-refractivity contribution in [3.05, 3.63) is 64.7 Å². The Hall–Kier alpha value is -1.55. The highest BCUT2D eigenvalue weighted by molar-refractivity contribution is 6.30. The molecule has 2 unspecified atom stereocenters. The van der Waals surface area contributed by atoms with Gasteiger partial charge in [-0.2, -0.15) is 0 Å². The average molecular weight is 292 g/mol. The molecule has 0 amide bonds. The van der Waals surface area contributed by atoms with Crippen LogP contribution in [0.3, 0.4) is 0 Å². The van der Waals surface area contributed by atoms with Crippen LogP contribution in [0.5, 0.6) is 5.75 Å². The molecule has 0 radical (unpaired) electrons. The fourth-order valence-electron chi connectivity index (χ4n) is 2.03. The van der Waals surface area contributed by atoms with Crippen molar-refractivity contribution in [2.75, 3.05) is 0 Å². The summed E-state index contributed by atoms with van der Waals surface area (Å²) in [5.41, 5.74) is 7.75. The monoisotopic (exact) mass is 291 g/mol. The minimum Gasteiger partial charge on any atom is -0.484 e. The van der Waals surface area contributed by atoms with Crippen LogP contribution < -0.4 is 10.5 Å². The molecule has 2 aromatic rings. The van der Waals surface area contributed by atoms with E-state index in [9.17, 15) is 0 Å². The lowest BCUT2D eigenvalue weighted by Gasteiger charge is -2.23. The molecule has 0 heterocycles. The molecule has 2 aromatic carbocycles. The van der Waals surface area contributed by atoms with E-state index >= 15 is 0 Å². The minimum atomic E-state index is -0.289. The van der Waals surface area contributed by atoms with Crippen LogP contribution in [-0.4, -0.2) is 11.1 Å². The van der Waals surface area contributed by atoms with Gasteiger partial charge >= 0.3 is 0 Å². The Labute approximate surface area is 123 Å². The average Bonchev–Trinajstić information content (AvgIpc) is 2.44. The maximum absolute atomic E-state index is 9.16. The lowest BCUT2D eigenvalue weighted by molar-refractivity contribution is 0.180. The molecular weight excluding hydrogens is 274 g/mol. The zero-order chi connectivity index (χ0) is 14.5. The van der Waals surface area contributed by atoms with Crippen LogP contribution in [0, 0.1) is 0 Å². The largest absolute Gasteiger partial charge is 0.484 e. The van der Waals surface area contributed by atoms with Gasteiger partial charge in [0.15, 0.2) is 0 Å². The van der Waals surface area contributed by atoms with Crippen molar-refractivity contribution in [3.8, 4) is 5.75 Å². The molecule has 106 valence electrons. The number of ether oxygens (including phenoxy) is 1. The highest BCUT2D eigenvalue weighted by atomic mass is 35.5. The van der Waals surface area contributed by atoms with Gasteiger partial charge in [0.05, 0.1) is 6.61 Å². The Kier molecular flexibility index (Phi) is 5.01. The summed E-state index contributed by atoms with van der Waals surface area (Å²) in [5, 5.41) is 9.81. The van der Waals surface area contributed by atoms with E-state index in [1.807, 2.05) is 49.4 Å². The van der Waals surface area contributed by atoms with Crippen molar-refractivity contribution in [2.45, 2.75) is 25.7 Å². The van der Waals surface area contributed by atoms with Crippen LogP contribution in [0.1, 0.15) is 24.2 Å². The third-order valence-corrected chi connectivity index (χ3v) is 3.23. The highest BCUT2D eigenvalue weighted by Crippen LogP contribution is 2.26. The van der Waals surface area contributed by atoms with Gasteiger partial charge < -0.3 is 15.6 Å². The van der Waals surface area contributed by atoms with Crippen molar-refractivity contribution in [3.63, 3.8) is 0 Å². The van der Waals surface area contributed by atoms with Crippen LogP contribution in [0.25, 0.3) is 0 Å². The van der Waals surface area contributed by atoms with Gasteiger partial charge in [-0.15, -0.1) is 0 Å². The van der Waals surface area contributed by atoms with Crippen molar-refractivity contribution in [1.82, 2.24) is 0 Å². The number of rotatable bonds is 5. The smallest absolute Gasteiger partial charge is 0.138 e. The molecule has 20 heavy (non-hydrogen) atoms. The molecule has 0 aliphatic heterocycles. The molecular formula is C16H18ClNO2. The zero-order valence-electron chi connectivity index (χ0n) is 11.3. The summed E-state index contributed by atoms with van der Waals surface area (Å²) in [4.78, 5) is 0. The minimum absolute atomic E-state index is 0.0167. The number of aliphatic hydroxyl groups is 1. The molecule has 4 heteroatoms. The van der Waals surface area contributed by atoms with E-state index < -0.39 is 0 Å². The van der Waals surface area contributed by atoms with Crippen LogP contribution >= 0.6 is 11.6 Å². The molecule has 0 saturated heterocycles. The maximum Gasteiger partial charge on any atom is 0.138 e. The fourth-order valence-corrected chi connectivity index (χ4v) is 2.22. The molecule has 0 bridgehead atoms. The van der Waals surface area contributed by atoms with Crippen molar-refractivity contribution in [2.24, 2.45) is 5.73 Å². The van der Waals surface area contributed by atoms with Crippen LogP contribution in [0.2, 0.25) is 5.02 Å². The standard InChI is InChI=1S/C16H18ClNO2/c1-11(18)16(13-5-3-6-14(17)9-13)20-15-7-2-4-12(8-15)10-19/h2-9,11,16,19H,10,18H2,1H3. The first-order chi connectivity index (χ1) is 9.60. The molecule has 2 atom stereocenters. The van der Waals surface area contributed by atoms with Crippen LogP contribution in [0.4, 0.5) is 0 Å². The summed E-state index contributed by atoms with van der Waals surface area (Å²) < 4.78 is 5.96. The van der Waals surface area contributed by atoms with Crippen LogP contribution in [-0.2, 0) is 6.61 Å². The molecule has 0 saturated carbocycles. The molecule has 0 fully saturated rings. The molecule has 0 aliphatic carbocycles. The van der Waals surface area contributed by atoms with Gasteiger partial charge in [-0.25, -0.2) is 0 Å². The predicted molar refractivity (Wildman–Crippen MR) is 80.8 cm³/mol. The maximum atomic E-state index is 9.16. The predicted octanol–water partition coefficient (Wildman–Crippen LogP) is 3.30. The van der Waals surface area contributed by atoms with Gasteiger partial charge in [0.1, 0.15) is 11.9 Å². The van der Waals surface area contributed by atoms with Crippen molar-refractivity contribution < 1.29 is 9.84 Å². The molecule has 0 aliphatic rings. The van der Waals surface area contributed by atoms with Crippen LogP contribution in [0.15, 0.2) is 48.5 Å². The highest BCUT2D eigenvalue weighted by Gasteiger charge is 2.18. The van der Waals surface area contributed by atoms with Gasteiger partial charge in [-0.3, -0.25) is 0 Å². The van der Waals surface area contributed by atoms with E-state index in [1.165, 1.54) is 0 Å². The fraction of sp³-hybridized carbons (Fsp3) is 0.250. The first-order valence-electron chi connectivity index (χ1n) is 6.47. The molecule has 0 spiro atoms. The number of halogens is 1. The molecule has 3 nitrogen and oxygen atoms in total. The first-order valence-corrected chi connectivity index (χ1v) is 6.85. The summed E-state index contributed by atoms with van der Waals surface area (Å²) in [6.45, 7) is 1.87. The van der Waals surface area contributed by atoms with Gasteiger partial charge in [-0.05, 0) is 42.3 Å². The Morgan fingerprint density at radius 2 is 1.95 bits per heavy atom. The summed E-state index contributed by atoms with van der Waals surface area (Å²) in [6, 6.07) is 14.6. The Morgan fingerprint density at radius 3 is 2.60 bits per heavy atom. The van der Waals surface area contributed by atoms with Gasteiger partial charge in [0.25, 0.3) is 0 Å². The van der Waals surface area contributed by atoms with E-state index in [-0.39, 0.29) is 18.8 Å². The van der Waals surface area contributed by atoms with E-state index in [0.29, 0.717) is 10.8 Å². The first kappa shape index (κ1) is 14.9. The quantitative estimate of drug-likeness (QED) is 0.889. The van der Waals surface area contributed by atoms with Crippen molar-refractivity contribution in [1.29, 1.82) is 0 Å². The zero-order valence-corrected chi connectivity index (χ0v) is 12.0. The van der Waals surface area contributed by atoms with E-state index in [4.69, 9.17) is 27.2 Å². The van der Waals surface area contributed by atoms with Crippen molar-refractivity contribution >= 4 is 11.6 Å². The summed E-state index contributed by atoms with van der Waals surface area (Å²) in [5.74, 6) is 0.679. The normalized spacial score (nSPS) is 13.8. The third kappa shape index (κ3) is 3.73. The number of aliphatic hydroxyl groups excluding tert-OH is 1. The summed E-state index contributed by atoms with van der Waals surface area (Å²) in [6.07, 6.45) is -0.289. The number of hydrogen-bond acceptors (Lipinski definition) is 3. The second-order valence-corrected chi connectivity index (χ2v) is 5.19. The van der Waals surface area contributed by atoms with E-state index in [1.54, 1.807) is 6.07 Å². The molecule has 3 N–H and O–H groups in total. The van der Waals surface area contributed by atoms with Gasteiger partial charge in [0.2, 0.25) is 0 Å². The summed E-state index contributed by atoms with van der Waals surface area (Å²) in [7, 11) is 0. The third-order valence-electron chi connectivity index (χ3n) is 3.00. The van der Waals surface area contributed by atoms with E-state index in [2.05, 4.69) is 0 Å². The lowest BCUT2D eigenvalue weighted by atomic mass is 10.0. The number of nitrogens with two attached hydrogens (primary N) is 1. The van der Waals surface area contributed by atoms with E-state index in [0.717, 1.165) is 11.1 Å². The molecule has 2 rings (SSSR count). The second kappa shape index (κ2) is 6.75. The Bertz CT molecular complexity index is 572. The topological polar surface area (TPSA) is 55.5 Å². The lowest BCUT2D eigenvalue weighted by Crippen LogP contribution is -2.29.